The molecule has 0 heterocycles. The highest BCUT2D eigenvalue weighted by Crippen LogP contribution is 2.42. The van der Waals surface area contributed by atoms with E-state index in [1.165, 1.54) is 25.0 Å². The van der Waals surface area contributed by atoms with Crippen molar-refractivity contribution in [2.24, 2.45) is 11.7 Å². The number of nitrogens with two attached hydrogens (primary N) is 1. The summed E-state index contributed by atoms with van der Waals surface area (Å²) in [5.41, 5.74) is 7.74. The minimum absolute atomic E-state index is 0.171. The molecule has 1 fully saturated rings. The van der Waals surface area contributed by atoms with E-state index in [2.05, 4.69) is 5.32 Å². The molecule has 1 unspecified atom stereocenters. The Morgan fingerprint density at radius 1 is 1.10 bits per heavy atom. The zero-order chi connectivity index (χ0) is 14.8. The third-order valence-electron chi connectivity index (χ3n) is 3.81. The van der Waals surface area contributed by atoms with Crippen molar-refractivity contribution in [3.05, 3.63) is 65.5 Å². The van der Waals surface area contributed by atoms with E-state index >= 15 is 0 Å². The number of anilines is 1. The molecule has 1 aliphatic carbocycles. The molecule has 2 aromatic rings. The summed E-state index contributed by atoms with van der Waals surface area (Å²) >= 11 is 0. The molecule has 0 aromatic heterocycles. The molecule has 0 radical (unpaired) electrons. The van der Waals surface area contributed by atoms with Gasteiger partial charge in [0.15, 0.2) is 0 Å². The van der Waals surface area contributed by atoms with Crippen LogP contribution in [0.15, 0.2) is 48.5 Å². The summed E-state index contributed by atoms with van der Waals surface area (Å²) < 4.78 is 13.0. The van der Waals surface area contributed by atoms with Gasteiger partial charge in [-0.05, 0) is 60.7 Å². The Kier molecular flexibility index (Phi) is 3.60. The Balaban J connectivity index is 1.79. The summed E-state index contributed by atoms with van der Waals surface area (Å²) in [6, 6.07) is 13.9. The van der Waals surface area contributed by atoms with Crippen molar-refractivity contribution in [1.29, 1.82) is 0 Å². The van der Waals surface area contributed by atoms with Gasteiger partial charge in [0.1, 0.15) is 5.82 Å². The van der Waals surface area contributed by atoms with Gasteiger partial charge in [0.05, 0.1) is 6.04 Å². The van der Waals surface area contributed by atoms with Gasteiger partial charge in [-0.3, -0.25) is 4.79 Å². The van der Waals surface area contributed by atoms with Crippen LogP contribution in [0.5, 0.6) is 0 Å². The van der Waals surface area contributed by atoms with Crippen LogP contribution in [0.2, 0.25) is 0 Å². The molecule has 0 bridgehead atoms. The molecular weight excluding hydrogens is 267 g/mol. The van der Waals surface area contributed by atoms with Crippen molar-refractivity contribution in [2.75, 3.05) is 5.32 Å². The van der Waals surface area contributed by atoms with E-state index in [1.807, 2.05) is 24.3 Å². The van der Waals surface area contributed by atoms with Crippen molar-refractivity contribution < 1.29 is 9.18 Å². The Morgan fingerprint density at radius 2 is 1.71 bits per heavy atom. The first-order valence-corrected chi connectivity index (χ1v) is 7.05. The molecule has 21 heavy (non-hydrogen) atoms. The van der Waals surface area contributed by atoms with E-state index < -0.39 is 5.91 Å². The van der Waals surface area contributed by atoms with Crippen molar-refractivity contribution in [3.63, 3.8) is 0 Å². The van der Waals surface area contributed by atoms with Crippen molar-refractivity contribution >= 4 is 11.6 Å². The molecule has 1 saturated carbocycles. The summed E-state index contributed by atoms with van der Waals surface area (Å²) in [5.74, 6) is -0.0794. The Labute approximate surface area is 123 Å². The van der Waals surface area contributed by atoms with Gasteiger partial charge in [0.25, 0.3) is 0 Å². The summed E-state index contributed by atoms with van der Waals surface area (Å²) in [6.07, 6.45) is 2.35. The molecule has 1 atom stereocenters. The smallest absolute Gasteiger partial charge is 0.248 e. The number of halogens is 1. The van der Waals surface area contributed by atoms with Gasteiger partial charge >= 0.3 is 0 Å². The van der Waals surface area contributed by atoms with Crippen LogP contribution in [0.1, 0.15) is 34.8 Å². The second-order valence-electron chi connectivity index (χ2n) is 5.45. The number of benzene rings is 2. The molecule has 108 valence electrons. The van der Waals surface area contributed by atoms with Crippen LogP contribution in [-0.4, -0.2) is 5.91 Å². The first-order valence-electron chi connectivity index (χ1n) is 7.05. The van der Waals surface area contributed by atoms with Crippen molar-refractivity contribution in [1.82, 2.24) is 0 Å². The van der Waals surface area contributed by atoms with Crippen molar-refractivity contribution in [2.45, 2.75) is 18.9 Å². The zero-order valence-electron chi connectivity index (χ0n) is 11.6. The number of nitrogens with one attached hydrogen (secondary N) is 1. The predicted octanol–water partition coefficient (Wildman–Crippen LogP) is 3.49. The Hall–Kier alpha value is -2.36. The standard InChI is InChI=1S/C17H17FN2O/c18-14-7-3-12(4-8-14)16(11-1-2-11)20-15-9-5-13(6-10-15)17(19)21/h3-11,16,20H,1-2H2,(H2,19,21). The van der Waals surface area contributed by atoms with Crippen LogP contribution in [0.4, 0.5) is 10.1 Å². The van der Waals surface area contributed by atoms with Gasteiger partial charge in [-0.1, -0.05) is 12.1 Å². The molecule has 2 aromatic carbocycles. The summed E-state index contributed by atoms with van der Waals surface area (Å²) in [6.45, 7) is 0. The summed E-state index contributed by atoms with van der Waals surface area (Å²) in [7, 11) is 0. The highest BCUT2D eigenvalue weighted by Gasteiger charge is 2.32. The van der Waals surface area contributed by atoms with Gasteiger partial charge < -0.3 is 11.1 Å². The molecule has 0 aliphatic heterocycles. The quantitative estimate of drug-likeness (QED) is 0.883. The third-order valence-corrected chi connectivity index (χ3v) is 3.81. The molecule has 0 saturated heterocycles. The first-order chi connectivity index (χ1) is 10.1. The number of hydrogen-bond donors (Lipinski definition) is 2. The minimum Gasteiger partial charge on any atom is -0.378 e. The van der Waals surface area contributed by atoms with E-state index in [0.29, 0.717) is 11.5 Å². The van der Waals surface area contributed by atoms with Gasteiger partial charge in [-0.25, -0.2) is 4.39 Å². The van der Waals surface area contributed by atoms with Crippen LogP contribution in [0.25, 0.3) is 0 Å². The largest absolute Gasteiger partial charge is 0.378 e. The Bertz CT molecular complexity index is 633. The lowest BCUT2D eigenvalue weighted by Crippen LogP contribution is -2.14. The molecule has 4 heteroatoms. The van der Waals surface area contributed by atoms with Crippen LogP contribution in [-0.2, 0) is 0 Å². The van der Waals surface area contributed by atoms with Crippen LogP contribution in [0.3, 0.4) is 0 Å². The van der Waals surface area contributed by atoms with Crippen molar-refractivity contribution in [3.8, 4) is 0 Å². The molecule has 3 nitrogen and oxygen atoms in total. The lowest BCUT2D eigenvalue weighted by Gasteiger charge is -2.20. The van der Waals surface area contributed by atoms with E-state index in [4.69, 9.17) is 5.73 Å². The van der Waals surface area contributed by atoms with Gasteiger partial charge in [-0.15, -0.1) is 0 Å². The average molecular weight is 284 g/mol. The fourth-order valence-corrected chi connectivity index (χ4v) is 2.48. The van der Waals surface area contributed by atoms with E-state index in [1.54, 1.807) is 12.1 Å². The molecule has 3 rings (SSSR count). The summed E-state index contributed by atoms with van der Waals surface area (Å²) in [4.78, 5) is 11.1. The maximum atomic E-state index is 13.0. The maximum Gasteiger partial charge on any atom is 0.248 e. The molecule has 1 amide bonds. The molecular formula is C17H17FN2O. The number of rotatable bonds is 5. The topological polar surface area (TPSA) is 55.1 Å². The van der Waals surface area contributed by atoms with E-state index in [-0.39, 0.29) is 11.9 Å². The minimum atomic E-state index is -0.432. The molecule has 3 N–H and O–H groups in total. The predicted molar refractivity (Wildman–Crippen MR) is 80.4 cm³/mol. The first kappa shape index (κ1) is 13.6. The maximum absolute atomic E-state index is 13.0. The fourth-order valence-electron chi connectivity index (χ4n) is 2.48. The normalized spacial score (nSPS) is 15.5. The van der Waals surface area contributed by atoms with E-state index in [9.17, 15) is 9.18 Å². The summed E-state index contributed by atoms with van der Waals surface area (Å²) in [5, 5.41) is 3.47. The number of amides is 1. The Morgan fingerprint density at radius 3 is 2.24 bits per heavy atom. The highest BCUT2D eigenvalue weighted by atomic mass is 19.1. The monoisotopic (exact) mass is 284 g/mol. The van der Waals surface area contributed by atoms with Gasteiger partial charge in [0, 0.05) is 11.3 Å². The number of primary amides is 1. The second kappa shape index (κ2) is 5.56. The van der Waals surface area contributed by atoms with Crippen LogP contribution in [0, 0.1) is 11.7 Å². The van der Waals surface area contributed by atoms with Gasteiger partial charge in [-0.2, -0.15) is 0 Å². The molecule has 0 spiro atoms. The number of carbonyl (C=O) groups is 1. The highest BCUT2D eigenvalue weighted by molar-refractivity contribution is 5.93. The number of carbonyl (C=O) groups excluding carboxylic acids is 1. The lowest BCUT2D eigenvalue weighted by molar-refractivity contribution is 0.100. The second-order valence-corrected chi connectivity index (χ2v) is 5.45. The molecule has 1 aliphatic rings. The van der Waals surface area contributed by atoms with Crippen LogP contribution >= 0.6 is 0 Å². The lowest BCUT2D eigenvalue weighted by atomic mass is 10.0. The van der Waals surface area contributed by atoms with Crippen LogP contribution < -0.4 is 11.1 Å². The fraction of sp³-hybridized carbons (Fsp3) is 0.235. The third kappa shape index (κ3) is 3.21. The average Bonchev–Trinajstić information content (AvgIpc) is 3.31. The number of hydrogen-bond acceptors (Lipinski definition) is 2. The van der Waals surface area contributed by atoms with Gasteiger partial charge in [0.2, 0.25) is 5.91 Å². The van der Waals surface area contributed by atoms with E-state index in [0.717, 1.165) is 11.3 Å². The zero-order valence-corrected chi connectivity index (χ0v) is 11.6. The SMILES string of the molecule is NC(=O)c1ccc(NC(c2ccc(F)cc2)C2CC2)cc1.